The summed E-state index contributed by atoms with van der Waals surface area (Å²) in [5, 5.41) is 8.96. The first-order chi connectivity index (χ1) is 12.3. The standard InChI is InChI=1S/C19H20ClN3OS/c20-17-5-3-14(4-6-17)7-9-23(11-15-1-2-15)12-18-21-19(22-24-18)16-8-10-25-13-16/h3-6,8,10,13,15H,1-2,7,9,11-12H2. The second-order valence-electron chi connectivity index (χ2n) is 6.58. The van der Waals surface area contributed by atoms with Crippen LogP contribution in [-0.2, 0) is 13.0 Å². The molecule has 0 saturated heterocycles. The molecule has 0 atom stereocenters. The number of hydrogen-bond donors (Lipinski definition) is 0. The normalized spacial score (nSPS) is 14.3. The van der Waals surface area contributed by atoms with E-state index in [9.17, 15) is 0 Å². The van der Waals surface area contributed by atoms with Gasteiger partial charge in [-0.2, -0.15) is 16.3 Å². The van der Waals surface area contributed by atoms with Crippen LogP contribution in [0.2, 0.25) is 5.02 Å². The summed E-state index contributed by atoms with van der Waals surface area (Å²) in [6.45, 7) is 2.79. The fourth-order valence-corrected chi connectivity index (χ4v) is 3.62. The SMILES string of the molecule is Clc1ccc(CCN(Cc2nc(-c3ccsc3)no2)CC2CC2)cc1. The van der Waals surface area contributed by atoms with Crippen LogP contribution in [0.5, 0.6) is 0 Å². The van der Waals surface area contributed by atoms with Gasteiger partial charge in [-0.1, -0.05) is 28.9 Å². The maximum absolute atomic E-state index is 5.97. The van der Waals surface area contributed by atoms with Crippen molar-refractivity contribution < 1.29 is 4.52 Å². The monoisotopic (exact) mass is 373 g/mol. The van der Waals surface area contributed by atoms with E-state index in [0.29, 0.717) is 18.3 Å². The minimum Gasteiger partial charge on any atom is -0.338 e. The Kier molecular flexibility index (Phi) is 5.15. The largest absolute Gasteiger partial charge is 0.338 e. The molecule has 2 heterocycles. The molecule has 1 saturated carbocycles. The van der Waals surface area contributed by atoms with Gasteiger partial charge in [-0.05, 0) is 54.3 Å². The van der Waals surface area contributed by atoms with E-state index < -0.39 is 0 Å². The van der Waals surface area contributed by atoms with Gasteiger partial charge in [0.15, 0.2) is 0 Å². The predicted molar refractivity (Wildman–Crippen MR) is 101 cm³/mol. The molecule has 0 spiro atoms. The van der Waals surface area contributed by atoms with E-state index in [4.69, 9.17) is 16.1 Å². The minimum atomic E-state index is 0.681. The van der Waals surface area contributed by atoms with Crippen LogP contribution in [0.4, 0.5) is 0 Å². The summed E-state index contributed by atoms with van der Waals surface area (Å²) < 4.78 is 5.47. The topological polar surface area (TPSA) is 42.2 Å². The van der Waals surface area contributed by atoms with Crippen molar-refractivity contribution >= 4 is 22.9 Å². The van der Waals surface area contributed by atoms with Gasteiger partial charge >= 0.3 is 0 Å². The molecule has 0 aliphatic heterocycles. The number of thiophene rings is 1. The van der Waals surface area contributed by atoms with Gasteiger partial charge in [-0.25, -0.2) is 0 Å². The molecule has 1 fully saturated rings. The third kappa shape index (κ3) is 4.69. The van der Waals surface area contributed by atoms with Gasteiger partial charge < -0.3 is 4.52 Å². The molecule has 25 heavy (non-hydrogen) atoms. The van der Waals surface area contributed by atoms with Crippen molar-refractivity contribution in [3.63, 3.8) is 0 Å². The molecular weight excluding hydrogens is 354 g/mol. The van der Waals surface area contributed by atoms with E-state index in [1.54, 1.807) is 11.3 Å². The van der Waals surface area contributed by atoms with Gasteiger partial charge in [0.1, 0.15) is 0 Å². The molecule has 4 rings (SSSR count). The maximum atomic E-state index is 5.97. The molecule has 0 N–H and O–H groups in total. The first-order valence-corrected chi connectivity index (χ1v) is 9.90. The fraction of sp³-hybridized carbons (Fsp3) is 0.368. The fourth-order valence-electron chi connectivity index (χ4n) is 2.86. The molecule has 0 amide bonds. The summed E-state index contributed by atoms with van der Waals surface area (Å²) in [4.78, 5) is 6.98. The average molecular weight is 374 g/mol. The predicted octanol–water partition coefficient (Wildman–Crippen LogP) is 4.91. The summed E-state index contributed by atoms with van der Waals surface area (Å²) in [6, 6.07) is 10.1. The first-order valence-electron chi connectivity index (χ1n) is 8.58. The van der Waals surface area contributed by atoms with Crippen molar-refractivity contribution in [3.8, 4) is 11.4 Å². The summed E-state index contributed by atoms with van der Waals surface area (Å²) >= 11 is 7.61. The van der Waals surface area contributed by atoms with Gasteiger partial charge in [-0.15, -0.1) is 0 Å². The molecular formula is C19H20ClN3OS. The van der Waals surface area contributed by atoms with Crippen LogP contribution in [0, 0.1) is 5.92 Å². The highest BCUT2D eigenvalue weighted by atomic mass is 35.5. The van der Waals surface area contributed by atoms with E-state index in [-0.39, 0.29) is 0 Å². The molecule has 0 radical (unpaired) electrons. The molecule has 2 aromatic heterocycles. The van der Waals surface area contributed by atoms with E-state index in [0.717, 1.165) is 36.0 Å². The van der Waals surface area contributed by atoms with Crippen LogP contribution < -0.4 is 0 Å². The van der Waals surface area contributed by atoms with Gasteiger partial charge in [0.25, 0.3) is 0 Å². The third-order valence-electron chi connectivity index (χ3n) is 4.45. The maximum Gasteiger partial charge on any atom is 0.241 e. The molecule has 130 valence electrons. The van der Waals surface area contributed by atoms with Crippen LogP contribution in [0.15, 0.2) is 45.6 Å². The summed E-state index contributed by atoms with van der Waals surface area (Å²) in [7, 11) is 0. The molecule has 3 aromatic rings. The summed E-state index contributed by atoms with van der Waals surface area (Å²) in [6.07, 6.45) is 3.66. The second kappa shape index (κ2) is 7.68. The van der Waals surface area contributed by atoms with Crippen LogP contribution in [0.3, 0.4) is 0 Å². The van der Waals surface area contributed by atoms with Crippen molar-refractivity contribution in [2.75, 3.05) is 13.1 Å². The number of aromatic nitrogens is 2. The molecule has 1 aliphatic rings. The van der Waals surface area contributed by atoms with Crippen LogP contribution in [0.25, 0.3) is 11.4 Å². The van der Waals surface area contributed by atoms with Gasteiger partial charge in [-0.3, -0.25) is 4.90 Å². The Hall–Kier alpha value is -1.69. The lowest BCUT2D eigenvalue weighted by atomic mass is 10.1. The summed E-state index contributed by atoms with van der Waals surface area (Å²) in [5.41, 5.74) is 2.32. The smallest absolute Gasteiger partial charge is 0.241 e. The van der Waals surface area contributed by atoms with E-state index >= 15 is 0 Å². The van der Waals surface area contributed by atoms with Crippen molar-refractivity contribution in [2.24, 2.45) is 5.92 Å². The molecule has 0 unspecified atom stereocenters. The molecule has 1 aromatic carbocycles. The Morgan fingerprint density at radius 3 is 2.76 bits per heavy atom. The van der Waals surface area contributed by atoms with E-state index in [2.05, 4.69) is 27.2 Å². The lowest BCUT2D eigenvalue weighted by Gasteiger charge is -2.20. The molecule has 4 nitrogen and oxygen atoms in total. The second-order valence-corrected chi connectivity index (χ2v) is 7.80. The highest BCUT2D eigenvalue weighted by molar-refractivity contribution is 7.08. The minimum absolute atomic E-state index is 0.681. The van der Waals surface area contributed by atoms with Gasteiger partial charge in [0, 0.05) is 29.1 Å². The lowest BCUT2D eigenvalue weighted by molar-refractivity contribution is 0.220. The van der Waals surface area contributed by atoms with Crippen LogP contribution >= 0.6 is 22.9 Å². The zero-order valence-electron chi connectivity index (χ0n) is 13.9. The summed E-state index contributed by atoms with van der Waals surface area (Å²) in [5.74, 6) is 2.20. The quantitative estimate of drug-likeness (QED) is 0.562. The average Bonchev–Trinajstić information content (AvgIpc) is 3.09. The Bertz CT molecular complexity index is 796. The Morgan fingerprint density at radius 2 is 2.04 bits per heavy atom. The van der Waals surface area contributed by atoms with Crippen molar-refractivity contribution in [2.45, 2.75) is 25.8 Å². The molecule has 0 bridgehead atoms. The Labute approximate surface area is 156 Å². The number of nitrogens with zero attached hydrogens (tertiary/aromatic N) is 3. The van der Waals surface area contributed by atoms with Crippen LogP contribution in [0.1, 0.15) is 24.3 Å². The lowest BCUT2D eigenvalue weighted by Crippen LogP contribution is -2.28. The number of benzene rings is 1. The van der Waals surface area contributed by atoms with Crippen molar-refractivity contribution in [1.82, 2.24) is 15.0 Å². The zero-order chi connectivity index (χ0) is 17.1. The van der Waals surface area contributed by atoms with Gasteiger partial charge in [0.2, 0.25) is 11.7 Å². The van der Waals surface area contributed by atoms with E-state index in [1.165, 1.54) is 18.4 Å². The number of halogens is 1. The third-order valence-corrected chi connectivity index (χ3v) is 5.38. The van der Waals surface area contributed by atoms with E-state index in [1.807, 2.05) is 29.0 Å². The zero-order valence-corrected chi connectivity index (χ0v) is 15.5. The number of hydrogen-bond acceptors (Lipinski definition) is 5. The van der Waals surface area contributed by atoms with Crippen molar-refractivity contribution in [1.29, 1.82) is 0 Å². The Morgan fingerprint density at radius 1 is 1.20 bits per heavy atom. The number of rotatable bonds is 8. The van der Waals surface area contributed by atoms with Gasteiger partial charge in [0.05, 0.1) is 6.54 Å². The Balaban J connectivity index is 1.39. The highest BCUT2D eigenvalue weighted by Gasteiger charge is 2.25. The van der Waals surface area contributed by atoms with Crippen LogP contribution in [-0.4, -0.2) is 28.1 Å². The first kappa shape index (κ1) is 16.8. The van der Waals surface area contributed by atoms with Crippen molar-refractivity contribution in [3.05, 3.63) is 57.6 Å². The molecule has 6 heteroatoms. The highest BCUT2D eigenvalue weighted by Crippen LogP contribution is 2.30. The molecule has 1 aliphatic carbocycles.